The summed E-state index contributed by atoms with van der Waals surface area (Å²) in [6.07, 6.45) is 2.82. The minimum absolute atomic E-state index is 0.225. The van der Waals surface area contributed by atoms with Crippen LogP contribution in [0.5, 0.6) is 0 Å². The molecule has 0 unspecified atom stereocenters. The molecule has 2 aliphatic rings. The van der Waals surface area contributed by atoms with Crippen LogP contribution in [0.25, 0.3) is 0 Å². The van der Waals surface area contributed by atoms with Gasteiger partial charge in [-0.25, -0.2) is 0 Å². The van der Waals surface area contributed by atoms with Gasteiger partial charge in [0.15, 0.2) is 8.32 Å². The van der Waals surface area contributed by atoms with Crippen LogP contribution in [0.15, 0.2) is 24.3 Å². The van der Waals surface area contributed by atoms with E-state index in [9.17, 15) is 0 Å². The van der Waals surface area contributed by atoms with Gasteiger partial charge in [0.05, 0.1) is 12.1 Å². The SMILES string of the molecule is CO[C@@H]1CN2CC[C@@H](O[Si](C)(C)C(C)(C)C)C[C@@H]2[C@H]1Nc1ccc(C)cc1. The first kappa shape index (κ1) is 20.8. The molecule has 4 atom stereocenters. The summed E-state index contributed by atoms with van der Waals surface area (Å²) in [4.78, 5) is 2.60. The Labute approximate surface area is 166 Å². The van der Waals surface area contributed by atoms with E-state index in [2.05, 4.69) is 75.3 Å². The maximum atomic E-state index is 6.78. The number of piperidine rings is 1. The summed E-state index contributed by atoms with van der Waals surface area (Å²) in [5, 5.41) is 4.03. The summed E-state index contributed by atoms with van der Waals surface area (Å²) in [5.74, 6) is 0. The van der Waals surface area contributed by atoms with Gasteiger partial charge in [0, 0.05) is 38.0 Å². The van der Waals surface area contributed by atoms with Gasteiger partial charge in [0.1, 0.15) is 0 Å². The summed E-state index contributed by atoms with van der Waals surface area (Å²) in [5.41, 5.74) is 2.47. The van der Waals surface area contributed by atoms with Crippen molar-refractivity contribution in [1.29, 1.82) is 0 Å². The van der Waals surface area contributed by atoms with Crippen LogP contribution in [0, 0.1) is 6.92 Å². The van der Waals surface area contributed by atoms with E-state index >= 15 is 0 Å². The largest absolute Gasteiger partial charge is 0.414 e. The van der Waals surface area contributed by atoms with Crippen LogP contribution in [-0.4, -0.2) is 57.7 Å². The average molecular weight is 391 g/mol. The highest BCUT2D eigenvalue weighted by Gasteiger charge is 2.47. The lowest BCUT2D eigenvalue weighted by atomic mass is 9.95. The van der Waals surface area contributed by atoms with E-state index in [0.29, 0.717) is 18.2 Å². The van der Waals surface area contributed by atoms with Crippen LogP contribution < -0.4 is 5.32 Å². The van der Waals surface area contributed by atoms with Crippen LogP contribution in [0.2, 0.25) is 18.1 Å². The number of hydrogen-bond donors (Lipinski definition) is 1. The van der Waals surface area contributed by atoms with Crippen LogP contribution in [0.4, 0.5) is 5.69 Å². The number of hydrogen-bond acceptors (Lipinski definition) is 4. The zero-order valence-electron chi connectivity index (χ0n) is 18.2. The Hall–Kier alpha value is -0.883. The third-order valence-corrected chi connectivity index (χ3v) is 11.4. The van der Waals surface area contributed by atoms with Gasteiger partial charge in [-0.15, -0.1) is 0 Å². The Morgan fingerprint density at radius 1 is 1.15 bits per heavy atom. The van der Waals surface area contributed by atoms with Crippen LogP contribution in [0.1, 0.15) is 39.2 Å². The number of nitrogens with one attached hydrogen (secondary N) is 1. The molecule has 1 aromatic rings. The zero-order valence-corrected chi connectivity index (χ0v) is 19.2. The van der Waals surface area contributed by atoms with E-state index in [4.69, 9.17) is 9.16 Å². The zero-order chi connectivity index (χ0) is 19.8. The molecule has 2 fully saturated rings. The van der Waals surface area contributed by atoms with Crippen molar-refractivity contribution >= 4 is 14.0 Å². The van der Waals surface area contributed by atoms with Crippen LogP contribution in [-0.2, 0) is 9.16 Å². The van der Waals surface area contributed by atoms with Gasteiger partial charge in [-0.2, -0.15) is 0 Å². The maximum absolute atomic E-state index is 6.78. The molecule has 2 heterocycles. The Kier molecular flexibility index (Phi) is 6.07. The molecule has 0 aliphatic carbocycles. The molecule has 0 amide bonds. The summed E-state index contributed by atoms with van der Waals surface area (Å²) >= 11 is 0. The minimum Gasteiger partial charge on any atom is -0.414 e. The van der Waals surface area contributed by atoms with Crippen molar-refractivity contribution < 1.29 is 9.16 Å². The molecule has 0 bridgehead atoms. The number of fused-ring (bicyclic) bond motifs is 1. The van der Waals surface area contributed by atoms with Crippen molar-refractivity contribution in [2.24, 2.45) is 0 Å². The number of benzene rings is 1. The highest BCUT2D eigenvalue weighted by Crippen LogP contribution is 2.40. The average Bonchev–Trinajstić information content (AvgIpc) is 2.93. The summed E-state index contributed by atoms with van der Waals surface area (Å²) < 4.78 is 12.6. The molecule has 5 heteroatoms. The third-order valence-electron chi connectivity index (χ3n) is 6.90. The third kappa shape index (κ3) is 4.58. The lowest BCUT2D eigenvalue weighted by molar-refractivity contribution is 0.0658. The summed E-state index contributed by atoms with van der Waals surface area (Å²) in [7, 11) is 0.110. The fourth-order valence-corrected chi connectivity index (χ4v) is 5.56. The van der Waals surface area contributed by atoms with Gasteiger partial charge in [0.2, 0.25) is 0 Å². The fourth-order valence-electron chi connectivity index (χ4n) is 4.16. The van der Waals surface area contributed by atoms with Gasteiger partial charge in [-0.3, -0.25) is 4.90 Å². The molecule has 1 aromatic carbocycles. The van der Waals surface area contributed by atoms with E-state index in [0.717, 1.165) is 25.9 Å². The molecule has 27 heavy (non-hydrogen) atoms. The lowest BCUT2D eigenvalue weighted by Crippen LogP contribution is -2.51. The van der Waals surface area contributed by atoms with E-state index in [-0.39, 0.29) is 11.1 Å². The van der Waals surface area contributed by atoms with Crippen molar-refractivity contribution in [3.8, 4) is 0 Å². The number of anilines is 1. The standard InChI is InChI=1S/C22H38N2O2Si/c1-16-8-10-17(11-9-16)23-21-19-14-18(26-27(6,7)22(2,3)4)12-13-24(19)15-20(21)25-5/h8-11,18-21,23H,12-15H2,1-7H3/t18-,19-,20-,21-/m1/s1. The van der Waals surface area contributed by atoms with E-state index < -0.39 is 8.32 Å². The normalized spacial score (nSPS) is 29.6. The number of aryl methyl sites for hydroxylation is 1. The van der Waals surface area contributed by atoms with Gasteiger partial charge in [-0.1, -0.05) is 38.5 Å². The van der Waals surface area contributed by atoms with Gasteiger partial charge in [0.25, 0.3) is 0 Å². The lowest BCUT2D eigenvalue weighted by Gasteiger charge is -2.44. The predicted molar refractivity (Wildman–Crippen MR) is 116 cm³/mol. The first-order chi connectivity index (χ1) is 12.6. The molecule has 0 spiro atoms. The van der Waals surface area contributed by atoms with Gasteiger partial charge >= 0.3 is 0 Å². The van der Waals surface area contributed by atoms with Crippen LogP contribution >= 0.6 is 0 Å². The van der Waals surface area contributed by atoms with Crippen molar-refractivity contribution in [1.82, 2.24) is 4.90 Å². The highest BCUT2D eigenvalue weighted by atomic mass is 28.4. The fraction of sp³-hybridized carbons (Fsp3) is 0.727. The molecule has 2 saturated heterocycles. The van der Waals surface area contributed by atoms with E-state index in [1.54, 1.807) is 0 Å². The van der Waals surface area contributed by atoms with Crippen molar-refractivity contribution in [3.05, 3.63) is 29.8 Å². The first-order valence-electron chi connectivity index (χ1n) is 10.4. The second-order valence-corrected chi connectivity index (χ2v) is 14.7. The van der Waals surface area contributed by atoms with Gasteiger partial charge < -0.3 is 14.5 Å². The quantitative estimate of drug-likeness (QED) is 0.742. The number of ether oxygens (including phenoxy) is 1. The molecule has 0 saturated carbocycles. The number of nitrogens with zero attached hydrogens (tertiary/aromatic N) is 1. The summed E-state index contributed by atoms with van der Waals surface area (Å²) in [6, 6.07) is 9.47. The number of rotatable bonds is 5. The molecule has 0 radical (unpaired) electrons. The molecular weight excluding hydrogens is 352 g/mol. The smallest absolute Gasteiger partial charge is 0.192 e. The molecule has 152 valence electrons. The molecule has 3 rings (SSSR count). The first-order valence-corrected chi connectivity index (χ1v) is 13.3. The topological polar surface area (TPSA) is 33.7 Å². The second-order valence-electron chi connectivity index (χ2n) is 9.90. The Morgan fingerprint density at radius 3 is 2.41 bits per heavy atom. The maximum Gasteiger partial charge on any atom is 0.192 e. The predicted octanol–water partition coefficient (Wildman–Crippen LogP) is 4.66. The van der Waals surface area contributed by atoms with Crippen LogP contribution in [0.3, 0.4) is 0 Å². The molecule has 0 aromatic heterocycles. The van der Waals surface area contributed by atoms with Gasteiger partial charge in [-0.05, 0) is 50.0 Å². The minimum atomic E-state index is -1.73. The molecular formula is C22H38N2O2Si. The second kappa shape index (κ2) is 7.86. The van der Waals surface area contributed by atoms with Crippen molar-refractivity contribution in [2.45, 2.75) is 83.0 Å². The molecule has 4 nitrogen and oxygen atoms in total. The Balaban J connectivity index is 1.72. The highest BCUT2D eigenvalue weighted by molar-refractivity contribution is 6.74. The Morgan fingerprint density at radius 2 is 1.81 bits per heavy atom. The monoisotopic (exact) mass is 390 g/mol. The molecule has 1 N–H and O–H groups in total. The Bertz CT molecular complexity index is 626. The van der Waals surface area contributed by atoms with Crippen molar-refractivity contribution in [2.75, 3.05) is 25.5 Å². The summed E-state index contributed by atoms with van der Waals surface area (Å²) in [6.45, 7) is 16.0. The van der Waals surface area contributed by atoms with Crippen molar-refractivity contribution in [3.63, 3.8) is 0 Å². The molecule has 2 aliphatic heterocycles. The number of methoxy groups -OCH3 is 1. The van der Waals surface area contributed by atoms with E-state index in [1.807, 2.05) is 7.11 Å². The van der Waals surface area contributed by atoms with E-state index in [1.165, 1.54) is 11.3 Å².